The number of benzene rings is 2. The van der Waals surface area contributed by atoms with Gasteiger partial charge in [-0.2, -0.15) is 0 Å². The fraction of sp³-hybridized carbons (Fsp3) is 0.483. The number of hydrogen-bond acceptors (Lipinski definition) is 6. The third kappa shape index (κ3) is 5.09. The van der Waals surface area contributed by atoms with Gasteiger partial charge in [0.1, 0.15) is 11.3 Å². The minimum atomic E-state index is -0.174. The molecule has 6 heteroatoms. The average molecular weight is 477 g/mol. The normalized spacial score (nSPS) is 16.5. The Bertz CT molecular complexity index is 1230. The lowest BCUT2D eigenvalue weighted by molar-refractivity contribution is 0.237. The number of ether oxygens (including phenoxy) is 1. The minimum absolute atomic E-state index is 0.0847. The van der Waals surface area contributed by atoms with Crippen molar-refractivity contribution in [2.75, 3.05) is 44.2 Å². The van der Waals surface area contributed by atoms with E-state index in [0.29, 0.717) is 12.2 Å². The maximum Gasteiger partial charge on any atom is 0.339 e. The van der Waals surface area contributed by atoms with Crippen LogP contribution in [-0.2, 0) is 19.4 Å². The summed E-state index contributed by atoms with van der Waals surface area (Å²) < 4.78 is 11.8. The zero-order valence-corrected chi connectivity index (χ0v) is 20.7. The molecule has 1 fully saturated rings. The molecule has 1 aliphatic heterocycles. The SMILES string of the molecule is Cc1c(OCCCCN2CCN(c3ccccc3CO)CC2)ccc2c3c(c(=O)oc12)CCCC3. The first kappa shape index (κ1) is 23.9. The van der Waals surface area contributed by atoms with Crippen LogP contribution in [0.15, 0.2) is 45.6 Å². The van der Waals surface area contributed by atoms with Gasteiger partial charge in [0.05, 0.1) is 13.2 Å². The predicted molar refractivity (Wildman–Crippen MR) is 140 cm³/mol. The van der Waals surface area contributed by atoms with Crippen LogP contribution in [0, 0.1) is 6.92 Å². The molecule has 1 saturated heterocycles. The maximum atomic E-state index is 12.5. The molecule has 1 N–H and O–H groups in total. The number of rotatable bonds is 8. The first-order chi connectivity index (χ1) is 17.2. The van der Waals surface area contributed by atoms with E-state index in [0.717, 1.165) is 105 Å². The number of hydrogen-bond donors (Lipinski definition) is 1. The van der Waals surface area contributed by atoms with Crippen LogP contribution < -0.4 is 15.3 Å². The van der Waals surface area contributed by atoms with Crippen molar-refractivity contribution in [3.8, 4) is 5.75 Å². The zero-order chi connectivity index (χ0) is 24.2. The first-order valence-corrected chi connectivity index (χ1v) is 13.0. The topological polar surface area (TPSA) is 66.2 Å². The van der Waals surface area contributed by atoms with E-state index in [2.05, 4.69) is 21.9 Å². The third-order valence-corrected chi connectivity index (χ3v) is 7.59. The van der Waals surface area contributed by atoms with Gasteiger partial charge in [-0.15, -0.1) is 0 Å². The maximum absolute atomic E-state index is 12.5. The summed E-state index contributed by atoms with van der Waals surface area (Å²) in [5.41, 5.74) is 5.65. The fourth-order valence-corrected chi connectivity index (χ4v) is 5.57. The lowest BCUT2D eigenvalue weighted by atomic mass is 9.90. The summed E-state index contributed by atoms with van der Waals surface area (Å²) in [5.74, 6) is 0.813. The van der Waals surface area contributed by atoms with Crippen molar-refractivity contribution in [1.82, 2.24) is 4.90 Å². The van der Waals surface area contributed by atoms with Gasteiger partial charge in [0.15, 0.2) is 0 Å². The van der Waals surface area contributed by atoms with Crippen molar-refractivity contribution in [2.24, 2.45) is 0 Å². The van der Waals surface area contributed by atoms with Crippen molar-refractivity contribution in [3.63, 3.8) is 0 Å². The van der Waals surface area contributed by atoms with E-state index in [4.69, 9.17) is 9.15 Å². The molecule has 0 unspecified atom stereocenters. The molecule has 0 saturated carbocycles. The summed E-state index contributed by atoms with van der Waals surface area (Å²) in [6.45, 7) is 7.84. The highest BCUT2D eigenvalue weighted by atomic mass is 16.5. The molecule has 3 aromatic rings. The van der Waals surface area contributed by atoms with Gasteiger partial charge >= 0.3 is 5.63 Å². The van der Waals surface area contributed by atoms with E-state index in [9.17, 15) is 9.90 Å². The van der Waals surface area contributed by atoms with E-state index in [1.54, 1.807) is 0 Å². The Morgan fingerprint density at radius 1 is 0.971 bits per heavy atom. The Hall–Kier alpha value is -2.83. The molecule has 0 atom stereocenters. The Labute approximate surface area is 207 Å². The molecular weight excluding hydrogens is 440 g/mol. The van der Waals surface area contributed by atoms with Gasteiger partial charge in [-0.3, -0.25) is 4.90 Å². The van der Waals surface area contributed by atoms with E-state index in [1.807, 2.05) is 31.2 Å². The van der Waals surface area contributed by atoms with Crippen molar-refractivity contribution < 1.29 is 14.3 Å². The van der Waals surface area contributed by atoms with E-state index in [1.165, 1.54) is 5.56 Å². The molecule has 0 amide bonds. The molecule has 0 spiro atoms. The van der Waals surface area contributed by atoms with Crippen LogP contribution in [-0.4, -0.2) is 49.3 Å². The van der Waals surface area contributed by atoms with E-state index >= 15 is 0 Å². The van der Waals surface area contributed by atoms with Crippen LogP contribution in [0.3, 0.4) is 0 Å². The Morgan fingerprint density at radius 2 is 1.74 bits per heavy atom. The lowest BCUT2D eigenvalue weighted by Crippen LogP contribution is -2.47. The van der Waals surface area contributed by atoms with Crippen LogP contribution in [0.2, 0.25) is 0 Å². The Morgan fingerprint density at radius 3 is 2.54 bits per heavy atom. The minimum Gasteiger partial charge on any atom is -0.493 e. The second-order valence-corrected chi connectivity index (χ2v) is 9.79. The predicted octanol–water partition coefficient (Wildman–Crippen LogP) is 4.45. The molecule has 5 rings (SSSR count). The number of aryl methyl sites for hydroxylation is 2. The standard InChI is InChI=1S/C29H36N2O4/c1-21-27(13-12-24-23-9-3-4-10-25(23)29(33)35-28(21)24)34-19-7-6-14-30-15-17-31(18-16-30)26-11-5-2-8-22(26)20-32/h2,5,8,11-13,32H,3-4,6-7,9-10,14-20H2,1H3. The number of aliphatic hydroxyl groups is 1. The average Bonchev–Trinajstić information content (AvgIpc) is 2.90. The highest BCUT2D eigenvalue weighted by molar-refractivity contribution is 5.86. The summed E-state index contributed by atoms with van der Waals surface area (Å²) in [4.78, 5) is 17.4. The molecule has 2 aromatic carbocycles. The van der Waals surface area contributed by atoms with Crippen molar-refractivity contribution in [3.05, 3.63) is 69.1 Å². The van der Waals surface area contributed by atoms with E-state index < -0.39 is 0 Å². The number of fused-ring (bicyclic) bond motifs is 3. The molecule has 2 heterocycles. The number of para-hydroxylation sites is 1. The van der Waals surface area contributed by atoms with Gasteiger partial charge in [-0.1, -0.05) is 18.2 Å². The smallest absolute Gasteiger partial charge is 0.339 e. The third-order valence-electron chi connectivity index (χ3n) is 7.59. The highest BCUT2D eigenvalue weighted by Crippen LogP contribution is 2.32. The summed E-state index contributed by atoms with van der Waals surface area (Å²) in [5, 5.41) is 10.7. The second-order valence-electron chi connectivity index (χ2n) is 9.79. The van der Waals surface area contributed by atoms with Crippen molar-refractivity contribution in [1.29, 1.82) is 0 Å². The molecule has 35 heavy (non-hydrogen) atoms. The molecule has 1 aromatic heterocycles. The van der Waals surface area contributed by atoms with Crippen LogP contribution in [0.5, 0.6) is 5.75 Å². The molecule has 0 bridgehead atoms. The van der Waals surface area contributed by atoms with Gasteiger partial charge in [-0.25, -0.2) is 4.79 Å². The molecule has 186 valence electrons. The summed E-state index contributed by atoms with van der Waals surface area (Å²) in [7, 11) is 0. The van der Waals surface area contributed by atoms with Gasteiger partial charge in [-0.05, 0) is 75.8 Å². The van der Waals surface area contributed by atoms with E-state index in [-0.39, 0.29) is 12.2 Å². The van der Waals surface area contributed by atoms with Crippen LogP contribution in [0.1, 0.15) is 47.9 Å². The largest absolute Gasteiger partial charge is 0.493 e. The second kappa shape index (κ2) is 10.8. The number of nitrogens with zero attached hydrogens (tertiary/aromatic N) is 2. The molecular formula is C29H36N2O4. The molecule has 0 radical (unpaired) electrons. The van der Waals surface area contributed by atoms with Gasteiger partial charge < -0.3 is 19.2 Å². The molecule has 6 nitrogen and oxygen atoms in total. The van der Waals surface area contributed by atoms with Crippen LogP contribution in [0.25, 0.3) is 11.0 Å². The van der Waals surface area contributed by atoms with Gasteiger partial charge in [0.25, 0.3) is 0 Å². The van der Waals surface area contributed by atoms with Crippen molar-refractivity contribution in [2.45, 2.75) is 52.1 Å². The number of aliphatic hydroxyl groups excluding tert-OH is 1. The summed E-state index contributed by atoms with van der Waals surface area (Å²) in [6, 6.07) is 12.2. The summed E-state index contributed by atoms with van der Waals surface area (Å²) in [6.07, 6.45) is 6.06. The zero-order valence-electron chi connectivity index (χ0n) is 20.7. The van der Waals surface area contributed by atoms with Gasteiger partial charge in [0, 0.05) is 53.9 Å². The summed E-state index contributed by atoms with van der Waals surface area (Å²) >= 11 is 0. The lowest BCUT2D eigenvalue weighted by Gasteiger charge is -2.37. The molecule has 2 aliphatic rings. The number of unbranched alkanes of at least 4 members (excludes halogenated alkanes) is 1. The number of piperazine rings is 1. The van der Waals surface area contributed by atoms with Gasteiger partial charge in [0.2, 0.25) is 0 Å². The highest BCUT2D eigenvalue weighted by Gasteiger charge is 2.21. The first-order valence-electron chi connectivity index (χ1n) is 13.0. The monoisotopic (exact) mass is 476 g/mol. The van der Waals surface area contributed by atoms with Crippen molar-refractivity contribution >= 4 is 16.7 Å². The number of anilines is 1. The van der Waals surface area contributed by atoms with Crippen LogP contribution in [0.4, 0.5) is 5.69 Å². The molecule has 1 aliphatic carbocycles. The van der Waals surface area contributed by atoms with Crippen LogP contribution >= 0.6 is 0 Å². The Balaban J connectivity index is 1.10. The Kier molecular flexibility index (Phi) is 7.40. The quantitative estimate of drug-likeness (QED) is 0.383. The fourth-order valence-electron chi connectivity index (χ4n) is 5.57.